The van der Waals surface area contributed by atoms with Crippen LogP contribution in [0.2, 0.25) is 0 Å². The minimum atomic E-state index is -0.837. The molecule has 0 aliphatic rings. The molecule has 122 valence electrons. The van der Waals surface area contributed by atoms with Gasteiger partial charge in [-0.15, -0.1) is 0 Å². The lowest BCUT2D eigenvalue weighted by Gasteiger charge is -2.16. The lowest BCUT2D eigenvalue weighted by atomic mass is 10.1. The molecule has 3 N–H and O–H groups in total. The number of benzene rings is 2. The minimum Gasteiger partial charge on any atom is -0.496 e. The van der Waals surface area contributed by atoms with E-state index in [1.807, 2.05) is 44.2 Å². The van der Waals surface area contributed by atoms with Crippen LogP contribution in [-0.2, 0) is 0 Å². The average Bonchev–Trinajstić information content (AvgIpc) is 2.55. The van der Waals surface area contributed by atoms with Gasteiger partial charge in [-0.25, -0.2) is 4.79 Å². The predicted octanol–water partition coefficient (Wildman–Crippen LogP) is 3.17. The fraction of sp³-hybridized carbons (Fsp3) is 0.278. The maximum absolute atomic E-state index is 12.0. The number of rotatable bonds is 5. The van der Waals surface area contributed by atoms with Crippen LogP contribution in [0.15, 0.2) is 42.5 Å². The number of anilines is 1. The molecule has 2 aromatic rings. The molecule has 1 unspecified atom stereocenters. The molecule has 0 fully saturated rings. The quantitative estimate of drug-likeness (QED) is 0.794. The minimum absolute atomic E-state index is 0.0944. The summed E-state index contributed by atoms with van der Waals surface area (Å²) < 4.78 is 5.21. The summed E-state index contributed by atoms with van der Waals surface area (Å²) in [7, 11) is 1.55. The fourth-order valence-electron chi connectivity index (χ4n) is 2.36. The van der Waals surface area contributed by atoms with Gasteiger partial charge in [0.15, 0.2) is 0 Å². The molecule has 23 heavy (non-hydrogen) atoms. The third kappa shape index (κ3) is 4.47. The van der Waals surface area contributed by atoms with E-state index >= 15 is 0 Å². The molecular weight excluding hydrogens is 292 g/mol. The monoisotopic (exact) mass is 314 g/mol. The molecule has 0 bridgehead atoms. The number of urea groups is 1. The Kier molecular flexibility index (Phi) is 5.60. The lowest BCUT2D eigenvalue weighted by molar-refractivity contribution is 0.171. The molecule has 0 aromatic heterocycles. The van der Waals surface area contributed by atoms with Crippen molar-refractivity contribution in [1.29, 1.82) is 0 Å². The zero-order valence-electron chi connectivity index (χ0n) is 13.6. The number of nitrogens with one attached hydrogen (secondary N) is 2. The number of methoxy groups -OCH3 is 1. The van der Waals surface area contributed by atoms with E-state index < -0.39 is 6.10 Å². The summed E-state index contributed by atoms with van der Waals surface area (Å²) in [5.74, 6) is 0.594. The standard InChI is InChI=1S/C18H22N2O3/c1-12-8-9-15(13(2)10-12)20-18(22)19-11-16(21)14-6-4-5-7-17(14)23-3/h4-10,16,21H,11H2,1-3H3,(H2,19,20,22). The molecule has 0 radical (unpaired) electrons. The lowest BCUT2D eigenvalue weighted by Crippen LogP contribution is -2.32. The van der Waals surface area contributed by atoms with Gasteiger partial charge in [0.1, 0.15) is 5.75 Å². The molecule has 5 heteroatoms. The summed E-state index contributed by atoms with van der Waals surface area (Å²) in [6.45, 7) is 4.03. The Morgan fingerprint density at radius 2 is 1.96 bits per heavy atom. The van der Waals surface area contributed by atoms with Gasteiger partial charge < -0.3 is 20.5 Å². The number of amides is 2. The van der Waals surface area contributed by atoms with Crippen molar-refractivity contribution >= 4 is 11.7 Å². The van der Waals surface area contributed by atoms with Crippen molar-refractivity contribution in [2.75, 3.05) is 19.0 Å². The second-order valence-corrected chi connectivity index (χ2v) is 5.41. The number of carbonyl (C=O) groups is 1. The number of carbonyl (C=O) groups excluding carboxylic acids is 1. The normalized spacial score (nSPS) is 11.7. The van der Waals surface area contributed by atoms with Gasteiger partial charge in [0.05, 0.1) is 13.2 Å². The van der Waals surface area contributed by atoms with Crippen molar-refractivity contribution in [3.05, 3.63) is 59.2 Å². The van der Waals surface area contributed by atoms with Crippen LogP contribution < -0.4 is 15.4 Å². The molecular formula is C18H22N2O3. The predicted molar refractivity (Wildman–Crippen MR) is 90.9 cm³/mol. The second-order valence-electron chi connectivity index (χ2n) is 5.41. The van der Waals surface area contributed by atoms with Crippen LogP contribution in [0.3, 0.4) is 0 Å². The molecule has 2 rings (SSSR count). The number of hydrogen-bond acceptors (Lipinski definition) is 3. The Labute approximate surface area is 136 Å². The van der Waals surface area contributed by atoms with Crippen LogP contribution in [0.4, 0.5) is 10.5 Å². The second kappa shape index (κ2) is 7.65. The number of ether oxygens (including phenoxy) is 1. The van der Waals surface area contributed by atoms with E-state index in [9.17, 15) is 9.90 Å². The van der Waals surface area contributed by atoms with Gasteiger partial charge >= 0.3 is 6.03 Å². The largest absolute Gasteiger partial charge is 0.496 e. The van der Waals surface area contributed by atoms with Crippen LogP contribution in [0.25, 0.3) is 0 Å². The zero-order valence-corrected chi connectivity index (χ0v) is 13.6. The highest BCUT2D eigenvalue weighted by molar-refractivity contribution is 5.90. The maximum Gasteiger partial charge on any atom is 0.319 e. The van der Waals surface area contributed by atoms with Gasteiger partial charge in [-0.1, -0.05) is 35.9 Å². The van der Waals surface area contributed by atoms with Gasteiger partial charge in [0.25, 0.3) is 0 Å². The van der Waals surface area contributed by atoms with E-state index in [-0.39, 0.29) is 12.6 Å². The van der Waals surface area contributed by atoms with E-state index in [2.05, 4.69) is 10.6 Å². The van der Waals surface area contributed by atoms with Crippen LogP contribution in [0.5, 0.6) is 5.75 Å². The molecule has 0 saturated heterocycles. The molecule has 0 aliphatic carbocycles. The topological polar surface area (TPSA) is 70.6 Å². The molecule has 5 nitrogen and oxygen atoms in total. The summed E-state index contributed by atoms with van der Waals surface area (Å²) >= 11 is 0. The van der Waals surface area contributed by atoms with Crippen LogP contribution in [0, 0.1) is 13.8 Å². The van der Waals surface area contributed by atoms with Gasteiger partial charge in [-0.3, -0.25) is 0 Å². The Morgan fingerprint density at radius 1 is 1.22 bits per heavy atom. The highest BCUT2D eigenvalue weighted by Crippen LogP contribution is 2.24. The van der Waals surface area contributed by atoms with E-state index in [1.54, 1.807) is 19.2 Å². The van der Waals surface area contributed by atoms with Crippen LogP contribution >= 0.6 is 0 Å². The van der Waals surface area contributed by atoms with Crippen LogP contribution in [0.1, 0.15) is 22.8 Å². The Morgan fingerprint density at radius 3 is 2.65 bits per heavy atom. The van der Waals surface area contributed by atoms with E-state index in [0.29, 0.717) is 11.3 Å². The van der Waals surface area contributed by atoms with Crippen LogP contribution in [-0.4, -0.2) is 24.8 Å². The summed E-state index contributed by atoms with van der Waals surface area (Å²) in [4.78, 5) is 12.0. The van der Waals surface area contributed by atoms with E-state index in [0.717, 1.165) is 16.8 Å². The summed E-state index contributed by atoms with van der Waals surface area (Å²) in [6.07, 6.45) is -0.837. The summed E-state index contributed by atoms with van der Waals surface area (Å²) in [6, 6.07) is 12.6. The molecule has 1 atom stereocenters. The summed E-state index contributed by atoms with van der Waals surface area (Å²) in [5.41, 5.74) is 3.52. The molecule has 0 aliphatic heterocycles. The molecule has 0 saturated carbocycles. The third-order valence-corrected chi connectivity index (χ3v) is 3.58. The van der Waals surface area contributed by atoms with E-state index in [1.165, 1.54) is 0 Å². The first-order chi connectivity index (χ1) is 11.0. The Bertz CT molecular complexity index is 686. The smallest absolute Gasteiger partial charge is 0.319 e. The zero-order chi connectivity index (χ0) is 16.8. The van der Waals surface area contributed by atoms with E-state index in [4.69, 9.17) is 4.74 Å². The SMILES string of the molecule is COc1ccccc1C(O)CNC(=O)Nc1ccc(C)cc1C. The van der Waals surface area contributed by atoms with Crippen molar-refractivity contribution in [2.45, 2.75) is 20.0 Å². The van der Waals surface area contributed by atoms with Gasteiger partial charge in [-0.2, -0.15) is 0 Å². The fourth-order valence-corrected chi connectivity index (χ4v) is 2.36. The van der Waals surface area contributed by atoms with Crippen molar-refractivity contribution in [3.63, 3.8) is 0 Å². The molecule has 0 heterocycles. The van der Waals surface area contributed by atoms with Gasteiger partial charge in [-0.05, 0) is 31.5 Å². The van der Waals surface area contributed by atoms with Crippen molar-refractivity contribution in [3.8, 4) is 5.75 Å². The summed E-state index contributed by atoms with van der Waals surface area (Å²) in [5, 5.41) is 15.7. The molecule has 2 aromatic carbocycles. The highest BCUT2D eigenvalue weighted by atomic mass is 16.5. The van der Waals surface area contributed by atoms with Crippen molar-refractivity contribution < 1.29 is 14.6 Å². The molecule has 0 spiro atoms. The first-order valence-electron chi connectivity index (χ1n) is 7.44. The number of aliphatic hydroxyl groups is 1. The number of hydrogen-bond donors (Lipinski definition) is 3. The average molecular weight is 314 g/mol. The Hall–Kier alpha value is -2.53. The van der Waals surface area contributed by atoms with Gasteiger partial charge in [0.2, 0.25) is 0 Å². The van der Waals surface area contributed by atoms with Gasteiger partial charge in [0, 0.05) is 17.8 Å². The first-order valence-corrected chi connectivity index (χ1v) is 7.44. The first kappa shape index (κ1) is 16.8. The number of aliphatic hydroxyl groups excluding tert-OH is 1. The third-order valence-electron chi connectivity index (χ3n) is 3.58. The maximum atomic E-state index is 12.0. The number of para-hydroxylation sites is 1. The van der Waals surface area contributed by atoms with Crippen molar-refractivity contribution in [1.82, 2.24) is 5.32 Å². The number of aryl methyl sites for hydroxylation is 2. The Balaban J connectivity index is 1.93. The van der Waals surface area contributed by atoms with Crippen molar-refractivity contribution in [2.24, 2.45) is 0 Å². The highest BCUT2D eigenvalue weighted by Gasteiger charge is 2.14. The molecule has 2 amide bonds.